The van der Waals surface area contributed by atoms with Crippen molar-refractivity contribution in [3.8, 4) is 0 Å². The molecule has 0 bridgehead atoms. The van der Waals surface area contributed by atoms with Gasteiger partial charge in [-0.25, -0.2) is 0 Å². The lowest BCUT2D eigenvalue weighted by Crippen LogP contribution is -2.38. The minimum Gasteiger partial charge on any atom is -0.357 e. The number of nitrogens with zero attached hydrogens (tertiary/aromatic N) is 1. The molecule has 0 saturated heterocycles. The number of carbonyl (C=O) groups is 2. The zero-order valence-corrected chi connectivity index (χ0v) is 16.6. The van der Waals surface area contributed by atoms with Crippen molar-refractivity contribution in [2.24, 2.45) is 0 Å². The number of fused-ring (bicyclic) bond motifs is 1. The highest BCUT2D eigenvalue weighted by Crippen LogP contribution is 2.46. The second kappa shape index (κ2) is 7.80. The predicted octanol–water partition coefficient (Wildman–Crippen LogP) is 5.65. The number of carbonyl (C=O) groups excluding carboxylic acids is 2. The monoisotopic (exact) mass is 394 g/mol. The van der Waals surface area contributed by atoms with Crippen molar-refractivity contribution in [3.05, 3.63) is 70.4 Å². The SMILES string of the molecule is CCCC(=O)N1c2ccccc2NC2=C(C(=O)CCC2)[C@H]1c1ccccc1Cl. The molecule has 0 saturated carbocycles. The summed E-state index contributed by atoms with van der Waals surface area (Å²) in [5.41, 5.74) is 3.99. The van der Waals surface area contributed by atoms with Gasteiger partial charge in [-0.1, -0.05) is 48.9 Å². The lowest BCUT2D eigenvalue weighted by molar-refractivity contribution is -0.119. The third kappa shape index (κ3) is 3.22. The predicted molar refractivity (Wildman–Crippen MR) is 113 cm³/mol. The minimum atomic E-state index is -0.522. The summed E-state index contributed by atoms with van der Waals surface area (Å²) in [6.45, 7) is 1.99. The van der Waals surface area contributed by atoms with Crippen LogP contribution in [0.1, 0.15) is 50.6 Å². The van der Waals surface area contributed by atoms with E-state index in [1.165, 1.54) is 0 Å². The number of rotatable bonds is 3. The van der Waals surface area contributed by atoms with Gasteiger partial charge in [-0.2, -0.15) is 0 Å². The first-order valence-electron chi connectivity index (χ1n) is 9.80. The molecule has 2 aromatic carbocycles. The number of ketones is 1. The lowest BCUT2D eigenvalue weighted by Gasteiger charge is -2.34. The molecule has 1 N–H and O–H groups in total. The molecule has 1 atom stereocenters. The molecule has 1 aliphatic heterocycles. The molecule has 4 nitrogen and oxygen atoms in total. The molecule has 5 heteroatoms. The highest BCUT2D eigenvalue weighted by molar-refractivity contribution is 6.31. The minimum absolute atomic E-state index is 0.00575. The summed E-state index contributed by atoms with van der Waals surface area (Å²) in [4.78, 5) is 28.2. The van der Waals surface area contributed by atoms with Crippen LogP contribution in [0.25, 0.3) is 0 Å². The van der Waals surface area contributed by atoms with Gasteiger partial charge in [0.25, 0.3) is 0 Å². The first-order chi connectivity index (χ1) is 13.6. The van der Waals surface area contributed by atoms with Crippen LogP contribution < -0.4 is 10.2 Å². The molecule has 0 fully saturated rings. The van der Waals surface area contributed by atoms with E-state index < -0.39 is 6.04 Å². The molecule has 0 spiro atoms. The number of hydrogen-bond acceptors (Lipinski definition) is 3. The zero-order valence-electron chi connectivity index (χ0n) is 15.9. The summed E-state index contributed by atoms with van der Waals surface area (Å²) in [6, 6.07) is 14.7. The maximum Gasteiger partial charge on any atom is 0.227 e. The number of nitrogens with one attached hydrogen (secondary N) is 1. The van der Waals surface area contributed by atoms with Crippen LogP contribution in [0.3, 0.4) is 0 Å². The summed E-state index contributed by atoms with van der Waals surface area (Å²) in [6.07, 6.45) is 3.23. The summed E-state index contributed by atoms with van der Waals surface area (Å²) in [7, 11) is 0. The second-order valence-corrected chi connectivity index (χ2v) is 7.66. The van der Waals surface area contributed by atoms with Gasteiger partial charge >= 0.3 is 0 Å². The van der Waals surface area contributed by atoms with Crippen molar-refractivity contribution < 1.29 is 9.59 Å². The van der Waals surface area contributed by atoms with Crippen LogP contribution in [-0.2, 0) is 9.59 Å². The van der Waals surface area contributed by atoms with Gasteiger partial charge in [-0.15, -0.1) is 0 Å². The highest BCUT2D eigenvalue weighted by Gasteiger charge is 2.39. The van der Waals surface area contributed by atoms with Gasteiger partial charge in [-0.05, 0) is 43.0 Å². The number of allylic oxidation sites excluding steroid dienone is 1. The molecule has 0 aromatic heterocycles. The summed E-state index contributed by atoms with van der Waals surface area (Å²) in [5.74, 6) is 0.0783. The molecule has 1 aliphatic carbocycles. The Morgan fingerprint density at radius 2 is 1.89 bits per heavy atom. The Morgan fingerprint density at radius 3 is 2.68 bits per heavy atom. The smallest absolute Gasteiger partial charge is 0.227 e. The summed E-state index contributed by atoms with van der Waals surface area (Å²) < 4.78 is 0. The van der Waals surface area contributed by atoms with E-state index in [-0.39, 0.29) is 11.7 Å². The fourth-order valence-electron chi connectivity index (χ4n) is 4.13. The van der Waals surface area contributed by atoms with Gasteiger partial charge in [-0.3, -0.25) is 14.5 Å². The standard InChI is InChI=1S/C23H23ClN2O2/c1-2-8-21(28)26-19-13-6-5-11-17(19)25-18-12-7-14-20(27)22(18)23(26)15-9-3-4-10-16(15)24/h3-6,9-11,13,23,25H,2,7-8,12,14H2,1H3/t23-/m1/s1. The van der Waals surface area contributed by atoms with E-state index in [4.69, 9.17) is 11.6 Å². The van der Waals surface area contributed by atoms with E-state index in [1.807, 2.05) is 55.5 Å². The van der Waals surface area contributed by atoms with Crippen molar-refractivity contribution in [3.63, 3.8) is 0 Å². The van der Waals surface area contributed by atoms with Crippen molar-refractivity contribution in [1.29, 1.82) is 0 Å². The van der Waals surface area contributed by atoms with Gasteiger partial charge in [0, 0.05) is 29.1 Å². The molecule has 144 valence electrons. The van der Waals surface area contributed by atoms with E-state index in [1.54, 1.807) is 4.90 Å². The quantitative estimate of drug-likeness (QED) is 0.732. The Labute approximate surface area is 170 Å². The normalized spacial score (nSPS) is 18.9. The van der Waals surface area contributed by atoms with Crippen molar-refractivity contribution >= 4 is 34.7 Å². The topological polar surface area (TPSA) is 49.4 Å². The van der Waals surface area contributed by atoms with E-state index in [0.29, 0.717) is 23.4 Å². The molecule has 2 aliphatic rings. The van der Waals surface area contributed by atoms with E-state index in [0.717, 1.165) is 41.9 Å². The number of amides is 1. The van der Waals surface area contributed by atoms with Crippen LogP contribution in [-0.4, -0.2) is 11.7 Å². The fourth-order valence-corrected chi connectivity index (χ4v) is 4.37. The Hall–Kier alpha value is -2.59. The molecule has 0 radical (unpaired) electrons. The Bertz CT molecular complexity index is 967. The van der Waals surface area contributed by atoms with Crippen molar-refractivity contribution in [2.75, 3.05) is 10.2 Å². The van der Waals surface area contributed by atoms with Gasteiger partial charge in [0.1, 0.15) is 0 Å². The van der Waals surface area contributed by atoms with Crippen LogP contribution in [0.15, 0.2) is 59.8 Å². The van der Waals surface area contributed by atoms with Crippen LogP contribution >= 0.6 is 11.6 Å². The third-order valence-electron chi connectivity index (χ3n) is 5.37. The van der Waals surface area contributed by atoms with Gasteiger partial charge in [0.05, 0.1) is 17.4 Å². The molecule has 1 heterocycles. The first kappa shape index (κ1) is 18.8. The number of hydrogen-bond donors (Lipinski definition) is 1. The average molecular weight is 395 g/mol. The summed E-state index contributed by atoms with van der Waals surface area (Å²) >= 11 is 6.57. The fraction of sp³-hybridized carbons (Fsp3) is 0.304. The van der Waals surface area contributed by atoms with Crippen LogP contribution in [0, 0.1) is 0 Å². The van der Waals surface area contributed by atoms with Crippen LogP contribution in [0.5, 0.6) is 0 Å². The molecule has 0 unspecified atom stereocenters. The van der Waals surface area contributed by atoms with Gasteiger partial charge in [0.15, 0.2) is 5.78 Å². The summed E-state index contributed by atoms with van der Waals surface area (Å²) in [5, 5.41) is 4.02. The number of benzene rings is 2. The van der Waals surface area contributed by atoms with Gasteiger partial charge < -0.3 is 5.32 Å². The number of Topliss-reactive ketones (excluding diaryl/α,β-unsaturated/α-hetero) is 1. The molecule has 1 amide bonds. The van der Waals surface area contributed by atoms with E-state index in [2.05, 4.69) is 5.32 Å². The molecular formula is C23H23ClN2O2. The molecule has 2 aromatic rings. The third-order valence-corrected chi connectivity index (χ3v) is 5.71. The lowest BCUT2D eigenvalue weighted by atomic mass is 9.85. The maximum absolute atomic E-state index is 13.3. The average Bonchev–Trinajstić information content (AvgIpc) is 2.83. The number of para-hydroxylation sites is 2. The Balaban J connectivity index is 2.01. The zero-order chi connectivity index (χ0) is 19.7. The number of halogens is 1. The Kier molecular flexibility index (Phi) is 5.23. The van der Waals surface area contributed by atoms with Gasteiger partial charge in [0.2, 0.25) is 5.91 Å². The first-order valence-corrected chi connectivity index (χ1v) is 10.2. The highest BCUT2D eigenvalue weighted by atomic mass is 35.5. The van der Waals surface area contributed by atoms with E-state index >= 15 is 0 Å². The van der Waals surface area contributed by atoms with E-state index in [9.17, 15) is 9.59 Å². The molecular weight excluding hydrogens is 372 g/mol. The molecule has 4 rings (SSSR count). The largest absolute Gasteiger partial charge is 0.357 e. The second-order valence-electron chi connectivity index (χ2n) is 7.25. The number of anilines is 2. The Morgan fingerprint density at radius 1 is 1.14 bits per heavy atom. The van der Waals surface area contributed by atoms with Crippen molar-refractivity contribution in [2.45, 2.75) is 45.1 Å². The van der Waals surface area contributed by atoms with Crippen LogP contribution in [0.4, 0.5) is 11.4 Å². The maximum atomic E-state index is 13.3. The van der Waals surface area contributed by atoms with Crippen molar-refractivity contribution in [1.82, 2.24) is 0 Å². The van der Waals surface area contributed by atoms with Crippen LogP contribution in [0.2, 0.25) is 5.02 Å². The molecule has 28 heavy (non-hydrogen) atoms.